The van der Waals surface area contributed by atoms with E-state index in [-0.39, 0.29) is 0 Å². The van der Waals surface area contributed by atoms with E-state index in [0.717, 1.165) is 24.0 Å². The van der Waals surface area contributed by atoms with Gasteiger partial charge in [0.2, 0.25) is 0 Å². The molecule has 2 rings (SSSR count). The largest absolute Gasteiger partial charge is 0.310 e. The van der Waals surface area contributed by atoms with Gasteiger partial charge in [-0.3, -0.25) is 0 Å². The van der Waals surface area contributed by atoms with Gasteiger partial charge < -0.3 is 5.32 Å². The number of rotatable bonds is 4. The third-order valence-electron chi connectivity index (χ3n) is 1.97. The summed E-state index contributed by atoms with van der Waals surface area (Å²) in [4.78, 5) is 0. The van der Waals surface area contributed by atoms with Gasteiger partial charge in [-0.2, -0.15) is 23.5 Å². The first-order valence-electron chi connectivity index (χ1n) is 4.61. The molecule has 1 atom stereocenters. The van der Waals surface area contributed by atoms with E-state index in [4.69, 9.17) is 0 Å². The van der Waals surface area contributed by atoms with Gasteiger partial charge in [-0.25, -0.2) is 0 Å². The maximum absolute atomic E-state index is 3.99. The average Bonchev–Trinajstić information content (AvgIpc) is 2.72. The Labute approximate surface area is 96.6 Å². The van der Waals surface area contributed by atoms with Crippen LogP contribution in [0.25, 0.3) is 0 Å². The number of hydrogen-bond donors (Lipinski definition) is 1. The average molecular weight is 247 g/mol. The molecule has 2 heterocycles. The zero-order valence-corrected chi connectivity index (χ0v) is 10.3. The van der Waals surface area contributed by atoms with Crippen molar-refractivity contribution in [2.45, 2.75) is 11.8 Å². The van der Waals surface area contributed by atoms with Crippen molar-refractivity contribution in [2.24, 2.45) is 0 Å². The highest BCUT2D eigenvalue weighted by atomic mass is 32.2. The normalized spacial score (nSPS) is 22.4. The third kappa shape index (κ3) is 3.42. The quantitative estimate of drug-likeness (QED) is 0.872. The van der Waals surface area contributed by atoms with Gasteiger partial charge >= 0.3 is 0 Å². The maximum Gasteiger partial charge on any atom is 0.0893 e. The fraction of sp³-hybridized carbons (Fsp3) is 0.750. The molecule has 3 nitrogen and oxygen atoms in total. The van der Waals surface area contributed by atoms with Crippen LogP contribution >= 0.6 is 35.1 Å². The van der Waals surface area contributed by atoms with Crippen molar-refractivity contribution in [3.63, 3.8) is 0 Å². The van der Waals surface area contributed by atoms with Crippen LogP contribution in [0.3, 0.4) is 0 Å². The molecular formula is C8H13N3S3. The molecule has 1 aromatic heterocycles. The SMILES string of the molecule is c1snnc1CNCC1CSCCS1. The summed E-state index contributed by atoms with van der Waals surface area (Å²) >= 11 is 5.56. The summed E-state index contributed by atoms with van der Waals surface area (Å²) in [5, 5.41) is 10.2. The van der Waals surface area contributed by atoms with Gasteiger partial charge in [-0.1, -0.05) is 4.49 Å². The molecule has 0 saturated carbocycles. The molecule has 1 aliphatic heterocycles. The molecule has 1 aromatic rings. The zero-order valence-electron chi connectivity index (χ0n) is 7.81. The fourth-order valence-electron chi connectivity index (χ4n) is 1.28. The molecule has 78 valence electrons. The predicted octanol–water partition coefficient (Wildman–Crippen LogP) is 1.48. The molecule has 6 heteroatoms. The Balaban J connectivity index is 1.62. The molecule has 0 radical (unpaired) electrons. The Morgan fingerprint density at radius 1 is 1.50 bits per heavy atom. The first-order valence-corrected chi connectivity index (χ1v) is 7.65. The van der Waals surface area contributed by atoms with Crippen molar-refractivity contribution in [3.05, 3.63) is 11.1 Å². The first kappa shape index (κ1) is 10.7. The molecule has 1 fully saturated rings. The Bertz CT molecular complexity index is 246. The Morgan fingerprint density at radius 3 is 3.21 bits per heavy atom. The van der Waals surface area contributed by atoms with Crippen LogP contribution in [0.2, 0.25) is 0 Å². The molecule has 1 N–H and O–H groups in total. The molecule has 0 aliphatic carbocycles. The monoisotopic (exact) mass is 247 g/mol. The lowest BCUT2D eigenvalue weighted by Gasteiger charge is -2.20. The summed E-state index contributed by atoms with van der Waals surface area (Å²) in [5.41, 5.74) is 1.06. The van der Waals surface area contributed by atoms with Crippen molar-refractivity contribution in [2.75, 3.05) is 23.8 Å². The summed E-state index contributed by atoms with van der Waals surface area (Å²) in [6, 6.07) is 0. The van der Waals surface area contributed by atoms with Crippen LogP contribution in [0.4, 0.5) is 0 Å². The van der Waals surface area contributed by atoms with Crippen LogP contribution < -0.4 is 5.32 Å². The minimum absolute atomic E-state index is 0.778. The predicted molar refractivity (Wildman–Crippen MR) is 65.2 cm³/mol. The standard InChI is InChI=1S/C8H13N3S3/c1-2-13-8(6-12-1)4-9-3-7-5-14-11-10-7/h5,8-9H,1-4,6H2. The minimum Gasteiger partial charge on any atom is -0.310 e. The van der Waals surface area contributed by atoms with E-state index in [1.807, 2.05) is 5.38 Å². The topological polar surface area (TPSA) is 37.8 Å². The van der Waals surface area contributed by atoms with Gasteiger partial charge in [-0.15, -0.1) is 5.10 Å². The maximum atomic E-state index is 3.99. The zero-order chi connectivity index (χ0) is 9.64. The van der Waals surface area contributed by atoms with Gasteiger partial charge in [0.1, 0.15) is 0 Å². The number of aromatic nitrogens is 2. The molecule has 1 aliphatic rings. The smallest absolute Gasteiger partial charge is 0.0893 e. The van der Waals surface area contributed by atoms with Crippen molar-refractivity contribution < 1.29 is 0 Å². The molecule has 1 unspecified atom stereocenters. The lowest BCUT2D eigenvalue weighted by Crippen LogP contribution is -2.28. The minimum atomic E-state index is 0.778. The van der Waals surface area contributed by atoms with Crippen molar-refractivity contribution in [1.29, 1.82) is 0 Å². The Hall–Kier alpha value is 0.220. The van der Waals surface area contributed by atoms with Gasteiger partial charge in [0.15, 0.2) is 0 Å². The highest BCUT2D eigenvalue weighted by Gasteiger charge is 2.13. The number of nitrogens with zero attached hydrogens (tertiary/aromatic N) is 2. The molecule has 0 amide bonds. The van der Waals surface area contributed by atoms with E-state index in [1.165, 1.54) is 28.8 Å². The van der Waals surface area contributed by atoms with Crippen LogP contribution in [-0.2, 0) is 6.54 Å². The summed E-state index contributed by atoms with van der Waals surface area (Å²) in [7, 11) is 0. The van der Waals surface area contributed by atoms with Crippen LogP contribution in [0.1, 0.15) is 5.69 Å². The van der Waals surface area contributed by atoms with Crippen molar-refractivity contribution >= 4 is 35.1 Å². The van der Waals surface area contributed by atoms with Gasteiger partial charge in [-0.05, 0) is 11.5 Å². The third-order valence-corrected chi connectivity index (χ3v) is 5.37. The van der Waals surface area contributed by atoms with E-state index in [2.05, 4.69) is 38.4 Å². The summed E-state index contributed by atoms with van der Waals surface area (Å²) in [5.74, 6) is 3.90. The first-order chi connectivity index (χ1) is 6.95. The summed E-state index contributed by atoms with van der Waals surface area (Å²) in [6.45, 7) is 1.95. The van der Waals surface area contributed by atoms with Crippen LogP contribution in [0, 0.1) is 0 Å². The second kappa shape index (κ2) is 5.95. The Morgan fingerprint density at radius 2 is 2.50 bits per heavy atom. The van der Waals surface area contributed by atoms with E-state index in [0.29, 0.717) is 0 Å². The highest BCUT2D eigenvalue weighted by molar-refractivity contribution is 8.06. The molecule has 0 spiro atoms. The van der Waals surface area contributed by atoms with E-state index >= 15 is 0 Å². The second-order valence-corrected chi connectivity index (χ2v) is 6.26. The van der Waals surface area contributed by atoms with Gasteiger partial charge in [0.25, 0.3) is 0 Å². The number of nitrogens with one attached hydrogen (secondary N) is 1. The highest BCUT2D eigenvalue weighted by Crippen LogP contribution is 2.23. The van der Waals surface area contributed by atoms with Crippen LogP contribution in [0.15, 0.2) is 5.38 Å². The Kier molecular flexibility index (Phi) is 4.56. The van der Waals surface area contributed by atoms with Crippen LogP contribution in [0.5, 0.6) is 0 Å². The number of hydrogen-bond acceptors (Lipinski definition) is 6. The molecule has 0 bridgehead atoms. The lowest BCUT2D eigenvalue weighted by molar-refractivity contribution is 0.672. The van der Waals surface area contributed by atoms with Gasteiger partial charge in [0.05, 0.1) is 5.69 Å². The summed E-state index contributed by atoms with van der Waals surface area (Å²) < 4.78 is 3.83. The van der Waals surface area contributed by atoms with Crippen molar-refractivity contribution in [1.82, 2.24) is 14.9 Å². The molecule has 0 aromatic carbocycles. The number of thioether (sulfide) groups is 2. The molecule has 14 heavy (non-hydrogen) atoms. The molecule has 1 saturated heterocycles. The van der Waals surface area contributed by atoms with Crippen LogP contribution in [-0.4, -0.2) is 38.6 Å². The van der Waals surface area contributed by atoms with E-state index in [1.54, 1.807) is 0 Å². The van der Waals surface area contributed by atoms with E-state index < -0.39 is 0 Å². The molecular weight excluding hydrogens is 234 g/mol. The van der Waals surface area contributed by atoms with Crippen molar-refractivity contribution in [3.8, 4) is 0 Å². The fourth-order valence-corrected chi connectivity index (χ4v) is 4.37. The van der Waals surface area contributed by atoms with E-state index in [9.17, 15) is 0 Å². The lowest BCUT2D eigenvalue weighted by atomic mass is 10.4. The summed E-state index contributed by atoms with van der Waals surface area (Å²) in [6.07, 6.45) is 0. The second-order valence-electron chi connectivity index (χ2n) is 3.09. The van der Waals surface area contributed by atoms with Gasteiger partial charge in [0, 0.05) is 41.0 Å².